The molecular weight excluding hydrogens is 495 g/mol. The molecule has 0 bridgehead atoms. The minimum Gasteiger partial charge on any atom is -0.459 e. The molecule has 8 heteroatoms. The van der Waals surface area contributed by atoms with Gasteiger partial charge in [0.1, 0.15) is 0 Å². The minimum absolute atomic E-state index is 0. The molecule has 0 aliphatic rings. The van der Waals surface area contributed by atoms with Gasteiger partial charge in [0, 0.05) is 19.6 Å². The summed E-state index contributed by atoms with van der Waals surface area (Å²) in [5.41, 5.74) is 2.14. The summed E-state index contributed by atoms with van der Waals surface area (Å²) in [6, 6.07) is 11.3. The Morgan fingerprint density at radius 2 is 1.77 bits per heavy atom. The average molecular weight is 528 g/mol. The van der Waals surface area contributed by atoms with Crippen LogP contribution in [0.1, 0.15) is 55.5 Å². The maximum atomic E-state index is 11.8. The summed E-state index contributed by atoms with van der Waals surface area (Å²) in [5.74, 6) is 0.615. The SMILES string of the molecule is CCNC(=NCC(O)c1ccc(C(C)(C)C)cc1)NCCNC(=O)c1ccco1.I. The number of carbonyl (C=O) groups excluding carboxylic acids is 1. The number of hydrogen-bond acceptors (Lipinski definition) is 4. The number of guanidine groups is 1. The second kappa shape index (κ2) is 12.6. The maximum absolute atomic E-state index is 11.8. The molecule has 0 aliphatic heterocycles. The van der Waals surface area contributed by atoms with Gasteiger partial charge in [-0.1, -0.05) is 45.0 Å². The van der Waals surface area contributed by atoms with Gasteiger partial charge in [-0.2, -0.15) is 0 Å². The summed E-state index contributed by atoms with van der Waals surface area (Å²) in [5, 5.41) is 19.5. The second-order valence-corrected chi connectivity index (χ2v) is 7.77. The summed E-state index contributed by atoms with van der Waals surface area (Å²) < 4.78 is 5.05. The fourth-order valence-corrected chi connectivity index (χ4v) is 2.68. The van der Waals surface area contributed by atoms with Gasteiger partial charge in [0.2, 0.25) is 0 Å². The standard InChI is InChI=1S/C22H32N4O3.HI/c1-5-23-21(25-13-12-24-20(28)19-7-6-14-29-19)26-15-18(27)16-8-10-17(11-9-16)22(2,3)4;/h6-11,14,18,27H,5,12-13,15H2,1-4H3,(H,24,28)(H2,23,25,26);1H. The number of benzene rings is 1. The van der Waals surface area contributed by atoms with Gasteiger partial charge in [-0.05, 0) is 35.6 Å². The van der Waals surface area contributed by atoms with Crippen molar-refractivity contribution in [2.24, 2.45) is 4.99 Å². The first-order chi connectivity index (χ1) is 13.8. The number of hydrogen-bond donors (Lipinski definition) is 4. The van der Waals surface area contributed by atoms with E-state index in [2.05, 4.69) is 41.7 Å². The Hall–Kier alpha value is -2.07. The first-order valence-corrected chi connectivity index (χ1v) is 9.93. The van der Waals surface area contributed by atoms with Crippen LogP contribution in [-0.4, -0.2) is 43.2 Å². The van der Waals surface area contributed by atoms with Crippen LogP contribution in [0.3, 0.4) is 0 Å². The van der Waals surface area contributed by atoms with E-state index < -0.39 is 6.10 Å². The zero-order valence-corrected chi connectivity index (χ0v) is 20.4. The first-order valence-electron chi connectivity index (χ1n) is 9.93. The highest BCUT2D eigenvalue weighted by Gasteiger charge is 2.14. The smallest absolute Gasteiger partial charge is 0.287 e. The van der Waals surface area contributed by atoms with Crippen molar-refractivity contribution in [1.82, 2.24) is 16.0 Å². The predicted octanol–water partition coefficient (Wildman–Crippen LogP) is 3.21. The largest absolute Gasteiger partial charge is 0.459 e. The molecule has 30 heavy (non-hydrogen) atoms. The Bertz CT molecular complexity index is 784. The van der Waals surface area contributed by atoms with Crippen molar-refractivity contribution in [2.45, 2.75) is 39.2 Å². The average Bonchev–Trinajstić information content (AvgIpc) is 3.23. The first kappa shape index (κ1) is 26.0. The molecule has 1 aromatic heterocycles. The number of amides is 1. The van der Waals surface area contributed by atoms with Crippen LogP contribution in [0.2, 0.25) is 0 Å². The van der Waals surface area contributed by atoms with E-state index in [1.54, 1.807) is 12.1 Å². The molecule has 2 rings (SSSR count). The Morgan fingerprint density at radius 3 is 2.33 bits per heavy atom. The molecule has 1 amide bonds. The van der Waals surface area contributed by atoms with Crippen LogP contribution >= 0.6 is 24.0 Å². The molecule has 4 N–H and O–H groups in total. The molecule has 0 saturated carbocycles. The van der Waals surface area contributed by atoms with Crippen molar-refractivity contribution in [3.8, 4) is 0 Å². The normalized spacial score (nSPS) is 12.6. The van der Waals surface area contributed by atoms with Gasteiger partial charge in [0.15, 0.2) is 11.7 Å². The summed E-state index contributed by atoms with van der Waals surface area (Å²) in [4.78, 5) is 16.3. The molecule has 0 aliphatic carbocycles. The van der Waals surface area contributed by atoms with Crippen LogP contribution in [0, 0.1) is 0 Å². The van der Waals surface area contributed by atoms with Gasteiger partial charge in [-0.3, -0.25) is 9.79 Å². The lowest BCUT2D eigenvalue weighted by molar-refractivity contribution is 0.0926. The van der Waals surface area contributed by atoms with E-state index >= 15 is 0 Å². The van der Waals surface area contributed by atoms with Gasteiger partial charge in [-0.25, -0.2) is 0 Å². The van der Waals surface area contributed by atoms with Gasteiger partial charge >= 0.3 is 0 Å². The highest BCUT2D eigenvalue weighted by molar-refractivity contribution is 14.0. The quantitative estimate of drug-likeness (QED) is 0.183. The number of aliphatic hydroxyl groups excluding tert-OH is 1. The molecular formula is C22H33IN4O3. The number of rotatable bonds is 8. The fraction of sp³-hybridized carbons (Fsp3) is 0.455. The van der Waals surface area contributed by atoms with E-state index in [0.29, 0.717) is 25.6 Å². The lowest BCUT2D eigenvalue weighted by atomic mass is 9.86. The Kier molecular flexibility index (Phi) is 10.9. The van der Waals surface area contributed by atoms with Gasteiger partial charge in [0.25, 0.3) is 5.91 Å². The summed E-state index contributed by atoms with van der Waals surface area (Å²) in [6.45, 7) is 10.3. The van der Waals surface area contributed by atoms with Crippen molar-refractivity contribution in [2.75, 3.05) is 26.2 Å². The molecule has 1 unspecified atom stereocenters. The third-order valence-electron chi connectivity index (χ3n) is 4.38. The van der Waals surface area contributed by atoms with Crippen molar-refractivity contribution in [3.05, 3.63) is 59.5 Å². The molecule has 7 nitrogen and oxygen atoms in total. The lowest BCUT2D eigenvalue weighted by Crippen LogP contribution is -2.41. The molecule has 1 aromatic carbocycles. The summed E-state index contributed by atoms with van der Waals surface area (Å²) in [6.07, 6.45) is 0.781. The monoisotopic (exact) mass is 528 g/mol. The minimum atomic E-state index is -0.682. The number of halogens is 1. The van der Waals surface area contributed by atoms with E-state index in [1.807, 2.05) is 31.2 Å². The molecule has 1 heterocycles. The number of nitrogens with zero attached hydrogens (tertiary/aromatic N) is 1. The molecule has 2 aromatic rings. The van der Waals surface area contributed by atoms with Crippen LogP contribution in [-0.2, 0) is 5.41 Å². The van der Waals surface area contributed by atoms with Crippen molar-refractivity contribution >= 4 is 35.8 Å². The second-order valence-electron chi connectivity index (χ2n) is 7.77. The Labute approximate surface area is 195 Å². The number of nitrogens with one attached hydrogen (secondary N) is 3. The van der Waals surface area contributed by atoms with Crippen LogP contribution in [0.25, 0.3) is 0 Å². The van der Waals surface area contributed by atoms with Crippen LogP contribution in [0.5, 0.6) is 0 Å². The number of carbonyl (C=O) groups is 1. The van der Waals surface area contributed by atoms with Gasteiger partial charge in [0.05, 0.1) is 18.9 Å². The predicted molar refractivity (Wildman–Crippen MR) is 131 cm³/mol. The zero-order valence-electron chi connectivity index (χ0n) is 18.1. The van der Waals surface area contributed by atoms with Crippen LogP contribution in [0.4, 0.5) is 0 Å². The maximum Gasteiger partial charge on any atom is 0.287 e. The highest BCUT2D eigenvalue weighted by atomic mass is 127. The molecule has 0 spiro atoms. The number of aliphatic imine (C=N–C) groups is 1. The van der Waals surface area contributed by atoms with E-state index in [9.17, 15) is 9.90 Å². The number of aliphatic hydroxyl groups is 1. The molecule has 0 saturated heterocycles. The molecule has 0 radical (unpaired) electrons. The Balaban J connectivity index is 0.00000450. The fourth-order valence-electron chi connectivity index (χ4n) is 2.68. The van der Waals surface area contributed by atoms with E-state index in [4.69, 9.17) is 4.42 Å². The summed E-state index contributed by atoms with van der Waals surface area (Å²) in [7, 11) is 0. The lowest BCUT2D eigenvalue weighted by Gasteiger charge is -2.20. The van der Waals surface area contributed by atoms with E-state index in [0.717, 1.165) is 5.56 Å². The third kappa shape index (κ3) is 8.35. The van der Waals surface area contributed by atoms with Crippen molar-refractivity contribution in [1.29, 1.82) is 0 Å². The Morgan fingerprint density at radius 1 is 1.10 bits per heavy atom. The van der Waals surface area contributed by atoms with Crippen molar-refractivity contribution in [3.63, 3.8) is 0 Å². The van der Waals surface area contributed by atoms with Gasteiger partial charge < -0.3 is 25.5 Å². The molecule has 166 valence electrons. The molecule has 1 atom stereocenters. The van der Waals surface area contributed by atoms with Crippen LogP contribution in [0.15, 0.2) is 52.1 Å². The van der Waals surface area contributed by atoms with Gasteiger partial charge in [-0.15, -0.1) is 24.0 Å². The van der Waals surface area contributed by atoms with E-state index in [-0.39, 0.29) is 47.6 Å². The zero-order chi connectivity index (χ0) is 21.3. The topological polar surface area (TPSA) is 98.9 Å². The van der Waals surface area contributed by atoms with E-state index in [1.165, 1.54) is 11.8 Å². The highest BCUT2D eigenvalue weighted by Crippen LogP contribution is 2.24. The summed E-state index contributed by atoms with van der Waals surface area (Å²) >= 11 is 0. The van der Waals surface area contributed by atoms with Crippen LogP contribution < -0.4 is 16.0 Å². The number of furan rings is 1. The third-order valence-corrected chi connectivity index (χ3v) is 4.38. The molecule has 0 fully saturated rings. The van der Waals surface area contributed by atoms with Crippen molar-refractivity contribution < 1.29 is 14.3 Å².